The highest BCUT2D eigenvalue weighted by Gasteiger charge is 2.22. The van der Waals surface area contributed by atoms with Gasteiger partial charge in [-0.05, 0) is 23.6 Å². The standard InChI is InChI=1S/C20H21N3O2S2.ClH/c24-20(14-25-16-5-2-1-3-6-16)23-10-8-22(9-11-23)13-19-21-17(15-27-19)18-7-4-12-26-18;/h1-7,12,15H,8-11,13-14H2;1H. The van der Waals surface area contributed by atoms with Gasteiger partial charge in [0.25, 0.3) is 5.91 Å². The minimum absolute atomic E-state index is 0. The third-order valence-corrected chi connectivity index (χ3v) is 6.24. The molecule has 1 amide bonds. The maximum Gasteiger partial charge on any atom is 0.260 e. The van der Waals surface area contributed by atoms with E-state index < -0.39 is 0 Å². The number of benzene rings is 1. The Kier molecular flexibility index (Phi) is 7.44. The van der Waals surface area contributed by atoms with Gasteiger partial charge in [-0.3, -0.25) is 9.69 Å². The van der Waals surface area contributed by atoms with Crippen LogP contribution in [0.3, 0.4) is 0 Å². The van der Waals surface area contributed by atoms with Gasteiger partial charge in [0.05, 0.1) is 17.1 Å². The summed E-state index contributed by atoms with van der Waals surface area (Å²) in [5.74, 6) is 0.780. The fourth-order valence-corrected chi connectivity index (χ4v) is 4.62. The molecular weight excluding hydrogens is 414 g/mol. The molecule has 148 valence electrons. The van der Waals surface area contributed by atoms with Crippen molar-refractivity contribution in [2.45, 2.75) is 6.54 Å². The van der Waals surface area contributed by atoms with Gasteiger partial charge in [-0.1, -0.05) is 24.3 Å². The van der Waals surface area contributed by atoms with E-state index in [-0.39, 0.29) is 24.9 Å². The lowest BCUT2D eigenvalue weighted by Gasteiger charge is -2.34. The zero-order valence-corrected chi connectivity index (χ0v) is 17.8. The molecule has 1 aliphatic heterocycles. The highest BCUT2D eigenvalue weighted by atomic mass is 35.5. The second-order valence-electron chi connectivity index (χ2n) is 6.36. The van der Waals surface area contributed by atoms with Crippen LogP contribution < -0.4 is 4.74 Å². The molecule has 0 spiro atoms. The highest BCUT2D eigenvalue weighted by Crippen LogP contribution is 2.26. The Morgan fingerprint density at radius 1 is 1.04 bits per heavy atom. The molecule has 5 nitrogen and oxygen atoms in total. The summed E-state index contributed by atoms with van der Waals surface area (Å²) < 4.78 is 5.57. The van der Waals surface area contributed by atoms with Crippen LogP contribution >= 0.6 is 35.1 Å². The first-order valence-electron chi connectivity index (χ1n) is 8.94. The minimum Gasteiger partial charge on any atom is -0.484 e. The molecule has 0 unspecified atom stereocenters. The average Bonchev–Trinajstić information content (AvgIpc) is 3.39. The summed E-state index contributed by atoms with van der Waals surface area (Å²) >= 11 is 3.42. The topological polar surface area (TPSA) is 45.7 Å². The molecule has 0 radical (unpaired) electrons. The summed E-state index contributed by atoms with van der Waals surface area (Å²) in [5.41, 5.74) is 1.07. The first kappa shape index (κ1) is 20.8. The highest BCUT2D eigenvalue weighted by molar-refractivity contribution is 7.14. The van der Waals surface area contributed by atoms with Gasteiger partial charge < -0.3 is 9.64 Å². The number of carbonyl (C=O) groups excluding carboxylic acids is 1. The SMILES string of the molecule is Cl.O=C(COc1ccccc1)N1CCN(Cc2nc(-c3cccs3)cs2)CC1. The number of halogens is 1. The van der Waals surface area contributed by atoms with Gasteiger partial charge in [0.15, 0.2) is 6.61 Å². The van der Waals surface area contributed by atoms with Crippen LogP contribution in [0, 0.1) is 0 Å². The number of aromatic nitrogens is 1. The van der Waals surface area contributed by atoms with Gasteiger partial charge in [0, 0.05) is 31.6 Å². The minimum atomic E-state index is 0. The third-order valence-electron chi connectivity index (χ3n) is 4.51. The summed E-state index contributed by atoms with van der Waals surface area (Å²) in [6, 6.07) is 13.6. The van der Waals surface area contributed by atoms with Gasteiger partial charge in [-0.15, -0.1) is 35.1 Å². The Morgan fingerprint density at radius 3 is 2.54 bits per heavy atom. The molecule has 0 aliphatic carbocycles. The fraction of sp³-hybridized carbons (Fsp3) is 0.300. The Hall–Kier alpha value is -1.93. The molecule has 0 atom stereocenters. The molecule has 4 rings (SSSR count). The first-order valence-corrected chi connectivity index (χ1v) is 10.7. The van der Waals surface area contributed by atoms with E-state index in [1.54, 1.807) is 22.7 Å². The fourth-order valence-electron chi connectivity index (χ4n) is 3.02. The number of thiazole rings is 1. The molecule has 3 aromatic rings. The van der Waals surface area contributed by atoms with Gasteiger partial charge in [-0.2, -0.15) is 0 Å². The monoisotopic (exact) mass is 435 g/mol. The largest absolute Gasteiger partial charge is 0.484 e. The number of para-hydroxylation sites is 1. The second-order valence-corrected chi connectivity index (χ2v) is 8.25. The Bertz CT molecular complexity index is 863. The van der Waals surface area contributed by atoms with E-state index >= 15 is 0 Å². The molecule has 8 heteroatoms. The van der Waals surface area contributed by atoms with Crippen LogP contribution in [0.2, 0.25) is 0 Å². The van der Waals surface area contributed by atoms with E-state index in [0.29, 0.717) is 0 Å². The van der Waals surface area contributed by atoms with Gasteiger partial charge in [0.1, 0.15) is 10.8 Å². The van der Waals surface area contributed by atoms with Crippen molar-refractivity contribution in [3.05, 3.63) is 58.2 Å². The summed E-state index contributed by atoms with van der Waals surface area (Å²) in [5, 5.41) is 5.33. The van der Waals surface area contributed by atoms with Crippen LogP contribution in [-0.2, 0) is 11.3 Å². The van der Waals surface area contributed by atoms with E-state index in [1.807, 2.05) is 35.2 Å². The number of carbonyl (C=O) groups is 1. The summed E-state index contributed by atoms with van der Waals surface area (Å²) in [6.07, 6.45) is 0. The van der Waals surface area contributed by atoms with Gasteiger partial charge in [0.2, 0.25) is 0 Å². The molecule has 1 aliphatic rings. The molecule has 3 heterocycles. The van der Waals surface area contributed by atoms with E-state index in [0.717, 1.165) is 49.2 Å². The van der Waals surface area contributed by atoms with Crippen LogP contribution in [0.4, 0.5) is 0 Å². The molecule has 1 aromatic carbocycles. The van der Waals surface area contributed by atoms with Crippen molar-refractivity contribution in [3.8, 4) is 16.3 Å². The zero-order chi connectivity index (χ0) is 18.5. The Balaban J connectivity index is 0.00000225. The number of ether oxygens (including phenoxy) is 1. The first-order chi connectivity index (χ1) is 13.3. The molecule has 1 saturated heterocycles. The lowest BCUT2D eigenvalue weighted by Crippen LogP contribution is -2.49. The quantitative estimate of drug-likeness (QED) is 0.586. The lowest BCUT2D eigenvalue weighted by molar-refractivity contribution is -0.135. The molecule has 1 fully saturated rings. The Morgan fingerprint density at radius 2 is 1.82 bits per heavy atom. The van der Waals surface area contributed by atoms with Crippen molar-refractivity contribution in [3.63, 3.8) is 0 Å². The maximum absolute atomic E-state index is 12.3. The number of hydrogen-bond donors (Lipinski definition) is 0. The van der Waals surface area contributed by atoms with E-state index in [2.05, 4.69) is 27.8 Å². The predicted molar refractivity (Wildman–Crippen MR) is 116 cm³/mol. The van der Waals surface area contributed by atoms with E-state index in [9.17, 15) is 4.79 Å². The lowest BCUT2D eigenvalue weighted by atomic mass is 10.3. The van der Waals surface area contributed by atoms with Crippen molar-refractivity contribution in [2.24, 2.45) is 0 Å². The van der Waals surface area contributed by atoms with Crippen LogP contribution in [-0.4, -0.2) is 53.5 Å². The van der Waals surface area contributed by atoms with Crippen molar-refractivity contribution >= 4 is 41.0 Å². The second kappa shape index (κ2) is 10.0. The van der Waals surface area contributed by atoms with Gasteiger partial charge in [-0.25, -0.2) is 4.98 Å². The molecule has 28 heavy (non-hydrogen) atoms. The van der Waals surface area contributed by atoms with E-state index in [1.165, 1.54) is 4.88 Å². The maximum atomic E-state index is 12.3. The molecular formula is C20H22ClN3O2S2. The summed E-state index contributed by atoms with van der Waals surface area (Å²) in [4.78, 5) is 22.6. The van der Waals surface area contributed by atoms with Crippen molar-refractivity contribution < 1.29 is 9.53 Å². The number of hydrogen-bond acceptors (Lipinski definition) is 6. The van der Waals surface area contributed by atoms with Crippen molar-refractivity contribution in [2.75, 3.05) is 32.8 Å². The number of nitrogens with zero attached hydrogens (tertiary/aromatic N) is 3. The molecule has 0 saturated carbocycles. The van der Waals surface area contributed by atoms with Crippen LogP contribution in [0.15, 0.2) is 53.2 Å². The van der Waals surface area contributed by atoms with E-state index in [4.69, 9.17) is 9.72 Å². The normalized spacial score (nSPS) is 14.5. The molecule has 0 N–H and O–H groups in total. The Labute approximate surface area is 179 Å². The number of amides is 1. The molecule has 0 bridgehead atoms. The number of piperazine rings is 1. The average molecular weight is 436 g/mol. The smallest absolute Gasteiger partial charge is 0.260 e. The summed E-state index contributed by atoms with van der Waals surface area (Å²) in [7, 11) is 0. The molecule has 2 aromatic heterocycles. The number of rotatable bonds is 6. The van der Waals surface area contributed by atoms with Crippen LogP contribution in [0.5, 0.6) is 5.75 Å². The van der Waals surface area contributed by atoms with Crippen LogP contribution in [0.1, 0.15) is 5.01 Å². The van der Waals surface area contributed by atoms with Crippen LogP contribution in [0.25, 0.3) is 10.6 Å². The predicted octanol–water partition coefficient (Wildman–Crippen LogP) is 4.02. The van der Waals surface area contributed by atoms with Crippen molar-refractivity contribution in [1.29, 1.82) is 0 Å². The summed E-state index contributed by atoms with van der Waals surface area (Å²) in [6.45, 7) is 4.15. The zero-order valence-electron chi connectivity index (χ0n) is 15.3. The van der Waals surface area contributed by atoms with Gasteiger partial charge >= 0.3 is 0 Å². The third kappa shape index (κ3) is 5.32. The number of thiophene rings is 1. The van der Waals surface area contributed by atoms with Crippen molar-refractivity contribution in [1.82, 2.24) is 14.8 Å².